The van der Waals surface area contributed by atoms with E-state index >= 15 is 0 Å². The molecule has 2 rings (SSSR count). The molecule has 6 nitrogen and oxygen atoms in total. The number of hydrogen-bond acceptors (Lipinski definition) is 6. The van der Waals surface area contributed by atoms with Gasteiger partial charge in [0.15, 0.2) is 0 Å². The average molecular weight is 269 g/mol. The third-order valence-corrected chi connectivity index (χ3v) is 3.84. The molecule has 100 valence electrons. The Hall–Kier alpha value is -1.21. The Kier molecular flexibility index (Phi) is 4.13. The number of aryl methyl sites for hydroxylation is 1. The van der Waals surface area contributed by atoms with E-state index in [0.717, 1.165) is 30.5 Å². The maximum atomic E-state index is 11.7. The summed E-state index contributed by atoms with van der Waals surface area (Å²) in [5.74, 6) is 0.922. The van der Waals surface area contributed by atoms with Crippen molar-refractivity contribution < 1.29 is 4.79 Å². The van der Waals surface area contributed by atoms with Gasteiger partial charge in [-0.1, -0.05) is 6.92 Å². The van der Waals surface area contributed by atoms with Gasteiger partial charge in [0.25, 0.3) is 0 Å². The molecular weight excluding hydrogens is 250 g/mol. The number of anilines is 1. The minimum absolute atomic E-state index is 0.0289. The monoisotopic (exact) mass is 269 g/mol. The second kappa shape index (κ2) is 5.62. The maximum absolute atomic E-state index is 11.7. The molecule has 2 heterocycles. The van der Waals surface area contributed by atoms with Crippen LogP contribution in [0, 0.1) is 0 Å². The van der Waals surface area contributed by atoms with Crippen LogP contribution in [0.2, 0.25) is 0 Å². The highest BCUT2D eigenvalue weighted by atomic mass is 32.1. The van der Waals surface area contributed by atoms with Crippen LogP contribution in [0.25, 0.3) is 0 Å². The Balaban J connectivity index is 1.92. The van der Waals surface area contributed by atoms with Gasteiger partial charge in [-0.05, 0) is 6.92 Å². The first-order valence-electron chi connectivity index (χ1n) is 6.23. The SMILES string of the molecule is CCc1nsc(N2CCN(C(=O)C(C)N)CC2)n1. The van der Waals surface area contributed by atoms with Crippen LogP contribution in [0.3, 0.4) is 0 Å². The fourth-order valence-electron chi connectivity index (χ4n) is 1.92. The number of carbonyl (C=O) groups excluding carboxylic acids is 1. The maximum Gasteiger partial charge on any atom is 0.239 e. The topological polar surface area (TPSA) is 75.4 Å². The van der Waals surface area contributed by atoms with Gasteiger partial charge in [0.05, 0.1) is 6.04 Å². The molecule has 7 heteroatoms. The minimum atomic E-state index is -0.412. The molecule has 1 unspecified atom stereocenters. The third kappa shape index (κ3) is 2.78. The molecule has 1 amide bonds. The lowest BCUT2D eigenvalue weighted by molar-refractivity contribution is -0.132. The first-order valence-corrected chi connectivity index (χ1v) is 7.01. The number of nitrogens with zero attached hydrogens (tertiary/aromatic N) is 4. The molecule has 1 aliphatic heterocycles. The van der Waals surface area contributed by atoms with Gasteiger partial charge >= 0.3 is 0 Å². The molecule has 0 radical (unpaired) electrons. The molecule has 1 fully saturated rings. The lowest BCUT2D eigenvalue weighted by atomic mass is 10.2. The van der Waals surface area contributed by atoms with Crippen LogP contribution in [-0.4, -0.2) is 52.4 Å². The zero-order chi connectivity index (χ0) is 13.1. The van der Waals surface area contributed by atoms with Crippen molar-refractivity contribution >= 4 is 22.6 Å². The number of piperazine rings is 1. The lowest BCUT2D eigenvalue weighted by Gasteiger charge is -2.35. The van der Waals surface area contributed by atoms with Gasteiger partial charge in [-0.15, -0.1) is 0 Å². The molecule has 1 saturated heterocycles. The molecule has 18 heavy (non-hydrogen) atoms. The van der Waals surface area contributed by atoms with E-state index in [4.69, 9.17) is 5.73 Å². The van der Waals surface area contributed by atoms with Gasteiger partial charge in [0.2, 0.25) is 11.0 Å². The summed E-state index contributed by atoms with van der Waals surface area (Å²) in [5, 5.41) is 0.958. The molecule has 0 aliphatic carbocycles. The molecule has 2 N–H and O–H groups in total. The Bertz CT molecular complexity index is 411. The molecule has 0 spiro atoms. The van der Waals surface area contributed by atoms with Crippen molar-refractivity contribution in [2.24, 2.45) is 5.73 Å². The summed E-state index contributed by atoms with van der Waals surface area (Å²) >= 11 is 1.43. The van der Waals surface area contributed by atoms with Crippen molar-refractivity contribution in [3.63, 3.8) is 0 Å². The molecule has 1 aromatic heterocycles. The van der Waals surface area contributed by atoms with E-state index in [-0.39, 0.29) is 5.91 Å². The van der Waals surface area contributed by atoms with Crippen LogP contribution in [0.4, 0.5) is 5.13 Å². The number of amides is 1. The summed E-state index contributed by atoms with van der Waals surface area (Å²) in [4.78, 5) is 20.2. The van der Waals surface area contributed by atoms with Gasteiger partial charge in [0, 0.05) is 44.1 Å². The first-order chi connectivity index (χ1) is 8.61. The van der Waals surface area contributed by atoms with E-state index in [0.29, 0.717) is 13.1 Å². The highest BCUT2D eigenvalue weighted by molar-refractivity contribution is 7.09. The largest absolute Gasteiger partial charge is 0.343 e. The van der Waals surface area contributed by atoms with Crippen molar-refractivity contribution in [1.82, 2.24) is 14.3 Å². The zero-order valence-corrected chi connectivity index (χ0v) is 11.6. The molecule has 1 aliphatic rings. The van der Waals surface area contributed by atoms with E-state index < -0.39 is 6.04 Å². The Labute approximate surface area is 111 Å². The molecule has 1 atom stereocenters. The van der Waals surface area contributed by atoms with E-state index in [9.17, 15) is 4.79 Å². The summed E-state index contributed by atoms with van der Waals surface area (Å²) in [6, 6.07) is -0.412. The number of rotatable bonds is 3. The Morgan fingerprint density at radius 2 is 2.11 bits per heavy atom. The predicted molar refractivity (Wildman–Crippen MR) is 71.7 cm³/mol. The van der Waals surface area contributed by atoms with Crippen LogP contribution < -0.4 is 10.6 Å². The van der Waals surface area contributed by atoms with Gasteiger partial charge in [0.1, 0.15) is 5.82 Å². The van der Waals surface area contributed by atoms with Crippen molar-refractivity contribution in [3.8, 4) is 0 Å². The van der Waals surface area contributed by atoms with Crippen LogP contribution in [0.15, 0.2) is 0 Å². The summed E-state index contributed by atoms with van der Waals surface area (Å²) < 4.78 is 4.28. The minimum Gasteiger partial charge on any atom is -0.343 e. The second-order valence-corrected chi connectivity index (χ2v) is 5.18. The lowest BCUT2D eigenvalue weighted by Crippen LogP contribution is -2.52. The van der Waals surface area contributed by atoms with Crippen molar-refractivity contribution in [1.29, 1.82) is 0 Å². The number of hydrogen-bond donors (Lipinski definition) is 1. The quantitative estimate of drug-likeness (QED) is 0.842. The van der Waals surface area contributed by atoms with Crippen LogP contribution in [0.5, 0.6) is 0 Å². The van der Waals surface area contributed by atoms with E-state index in [1.807, 2.05) is 11.8 Å². The average Bonchev–Trinajstić information content (AvgIpc) is 2.86. The van der Waals surface area contributed by atoms with E-state index in [2.05, 4.69) is 14.3 Å². The fourth-order valence-corrected chi connectivity index (χ4v) is 2.72. The van der Waals surface area contributed by atoms with Crippen molar-refractivity contribution in [3.05, 3.63) is 5.82 Å². The molecule has 0 aromatic carbocycles. The smallest absolute Gasteiger partial charge is 0.239 e. The van der Waals surface area contributed by atoms with Gasteiger partial charge in [-0.2, -0.15) is 4.37 Å². The van der Waals surface area contributed by atoms with Crippen LogP contribution in [0.1, 0.15) is 19.7 Å². The number of aromatic nitrogens is 2. The Morgan fingerprint density at radius 1 is 1.44 bits per heavy atom. The van der Waals surface area contributed by atoms with E-state index in [1.165, 1.54) is 11.5 Å². The molecule has 0 saturated carbocycles. The highest BCUT2D eigenvalue weighted by Gasteiger charge is 2.24. The summed E-state index contributed by atoms with van der Waals surface area (Å²) in [5.41, 5.74) is 5.61. The number of carbonyl (C=O) groups is 1. The normalized spacial score (nSPS) is 17.9. The van der Waals surface area contributed by atoms with E-state index in [1.54, 1.807) is 6.92 Å². The van der Waals surface area contributed by atoms with Crippen molar-refractivity contribution in [2.45, 2.75) is 26.3 Å². The van der Waals surface area contributed by atoms with Gasteiger partial charge in [-0.3, -0.25) is 4.79 Å². The number of nitrogens with two attached hydrogens (primary N) is 1. The highest BCUT2D eigenvalue weighted by Crippen LogP contribution is 2.19. The Morgan fingerprint density at radius 3 is 2.61 bits per heavy atom. The molecule has 1 aromatic rings. The fraction of sp³-hybridized carbons (Fsp3) is 0.727. The standard InChI is InChI=1S/C11H19N5OS/c1-3-9-13-11(18-14-9)16-6-4-15(5-7-16)10(17)8(2)12/h8H,3-7,12H2,1-2H3. The van der Waals surface area contributed by atoms with Gasteiger partial charge < -0.3 is 15.5 Å². The van der Waals surface area contributed by atoms with Gasteiger partial charge in [-0.25, -0.2) is 4.98 Å². The summed E-state index contributed by atoms with van der Waals surface area (Å²) in [6.07, 6.45) is 0.861. The first kappa shape index (κ1) is 13.2. The predicted octanol–water partition coefficient (Wildman–Crippen LogP) is 0.0963. The van der Waals surface area contributed by atoms with Crippen LogP contribution >= 0.6 is 11.5 Å². The zero-order valence-electron chi connectivity index (χ0n) is 10.8. The summed E-state index contributed by atoms with van der Waals surface area (Å²) in [7, 11) is 0. The van der Waals surface area contributed by atoms with Crippen molar-refractivity contribution in [2.75, 3.05) is 31.1 Å². The third-order valence-electron chi connectivity index (χ3n) is 3.02. The molecule has 0 bridgehead atoms. The second-order valence-electron chi connectivity index (χ2n) is 4.45. The molecular formula is C11H19N5OS. The van der Waals surface area contributed by atoms with Crippen LogP contribution in [-0.2, 0) is 11.2 Å². The summed E-state index contributed by atoms with van der Waals surface area (Å²) in [6.45, 7) is 6.80.